The van der Waals surface area contributed by atoms with E-state index in [1.165, 1.54) is 5.56 Å². The van der Waals surface area contributed by atoms with Crippen molar-refractivity contribution in [2.24, 2.45) is 0 Å². The summed E-state index contributed by atoms with van der Waals surface area (Å²) in [6.45, 7) is 1.25. The van der Waals surface area contributed by atoms with Gasteiger partial charge in [-0.2, -0.15) is 0 Å². The first-order chi connectivity index (χ1) is 15.1. The number of aromatic nitrogens is 1. The first kappa shape index (κ1) is 20.2. The molecular weight excluding hydrogens is 390 g/mol. The molecule has 3 aromatic carbocycles. The van der Waals surface area contributed by atoms with E-state index < -0.39 is 0 Å². The molecule has 0 saturated carbocycles. The lowest BCUT2D eigenvalue weighted by Crippen LogP contribution is -2.03. The van der Waals surface area contributed by atoms with Gasteiger partial charge in [0.1, 0.15) is 11.4 Å². The Morgan fingerprint density at radius 3 is 2.42 bits per heavy atom. The summed E-state index contributed by atoms with van der Waals surface area (Å²) in [6, 6.07) is 25.1. The third kappa shape index (κ3) is 4.93. The second kappa shape index (κ2) is 9.17. The normalized spacial score (nSPS) is 10.6. The maximum Gasteiger partial charge on any atom is 0.292 e. The van der Waals surface area contributed by atoms with Gasteiger partial charge in [-0.1, -0.05) is 42.5 Å². The SMILES string of the molecule is COc1ccc(CNc2cc(-c3ccn(Cc4ccccc4)c3)ccc2[N+](=O)[O-])cc1. The van der Waals surface area contributed by atoms with Crippen LogP contribution in [0.1, 0.15) is 11.1 Å². The van der Waals surface area contributed by atoms with Crippen molar-refractivity contribution in [1.29, 1.82) is 0 Å². The van der Waals surface area contributed by atoms with Crippen molar-refractivity contribution in [1.82, 2.24) is 4.57 Å². The van der Waals surface area contributed by atoms with E-state index in [1.807, 2.05) is 60.8 Å². The fourth-order valence-corrected chi connectivity index (χ4v) is 3.46. The molecule has 0 aliphatic rings. The summed E-state index contributed by atoms with van der Waals surface area (Å²) in [7, 11) is 1.62. The van der Waals surface area contributed by atoms with Gasteiger partial charge in [0.05, 0.1) is 12.0 Å². The Morgan fingerprint density at radius 2 is 1.71 bits per heavy atom. The Morgan fingerprint density at radius 1 is 0.935 bits per heavy atom. The van der Waals surface area contributed by atoms with Gasteiger partial charge >= 0.3 is 0 Å². The molecule has 0 bridgehead atoms. The molecule has 0 atom stereocenters. The van der Waals surface area contributed by atoms with E-state index in [9.17, 15) is 10.1 Å². The van der Waals surface area contributed by atoms with Crippen molar-refractivity contribution in [2.75, 3.05) is 12.4 Å². The second-order valence-corrected chi connectivity index (χ2v) is 7.25. The Balaban J connectivity index is 1.54. The lowest BCUT2D eigenvalue weighted by atomic mass is 10.1. The van der Waals surface area contributed by atoms with Crippen molar-refractivity contribution < 1.29 is 9.66 Å². The van der Waals surface area contributed by atoms with Gasteiger partial charge in [0, 0.05) is 31.5 Å². The average molecular weight is 413 g/mol. The van der Waals surface area contributed by atoms with Crippen LogP contribution in [-0.4, -0.2) is 16.6 Å². The van der Waals surface area contributed by atoms with Gasteiger partial charge in [0.2, 0.25) is 0 Å². The number of nitrogens with one attached hydrogen (secondary N) is 1. The predicted molar refractivity (Wildman–Crippen MR) is 122 cm³/mol. The minimum atomic E-state index is -0.360. The van der Waals surface area contributed by atoms with Crippen molar-refractivity contribution in [3.8, 4) is 16.9 Å². The molecule has 31 heavy (non-hydrogen) atoms. The molecule has 4 rings (SSSR count). The van der Waals surface area contributed by atoms with E-state index in [-0.39, 0.29) is 10.6 Å². The standard InChI is InChI=1S/C25H23N3O3/c1-31-23-10-7-19(8-11-23)16-26-24-15-21(9-12-25(24)28(29)30)22-13-14-27(18-22)17-20-5-3-2-4-6-20/h2-15,18,26H,16-17H2,1H3. The fraction of sp³-hybridized carbons (Fsp3) is 0.120. The topological polar surface area (TPSA) is 69.3 Å². The summed E-state index contributed by atoms with van der Waals surface area (Å²) in [5.41, 5.74) is 4.72. The summed E-state index contributed by atoms with van der Waals surface area (Å²) in [4.78, 5) is 11.2. The summed E-state index contributed by atoms with van der Waals surface area (Å²) in [6.07, 6.45) is 4.08. The Hall–Kier alpha value is -4.06. The Kier molecular flexibility index (Phi) is 5.98. The van der Waals surface area contributed by atoms with E-state index in [0.717, 1.165) is 29.0 Å². The van der Waals surface area contributed by atoms with Gasteiger partial charge in [-0.15, -0.1) is 0 Å². The minimum absolute atomic E-state index is 0.0565. The number of rotatable bonds is 8. The summed E-state index contributed by atoms with van der Waals surface area (Å²) in [5.74, 6) is 0.775. The third-order valence-corrected chi connectivity index (χ3v) is 5.13. The first-order valence-electron chi connectivity index (χ1n) is 9.98. The molecule has 1 aromatic heterocycles. The third-order valence-electron chi connectivity index (χ3n) is 5.13. The van der Waals surface area contributed by atoms with Crippen molar-refractivity contribution >= 4 is 11.4 Å². The van der Waals surface area contributed by atoms with Crippen molar-refractivity contribution in [3.05, 3.63) is 112 Å². The highest BCUT2D eigenvalue weighted by Gasteiger charge is 2.15. The molecule has 0 aliphatic heterocycles. The molecule has 0 aliphatic carbocycles. The van der Waals surface area contributed by atoms with Crippen LogP contribution in [0.15, 0.2) is 91.3 Å². The molecule has 156 valence electrons. The summed E-state index contributed by atoms with van der Waals surface area (Å²) < 4.78 is 7.28. The van der Waals surface area contributed by atoms with Crippen LogP contribution >= 0.6 is 0 Å². The molecule has 1 heterocycles. The molecule has 0 spiro atoms. The molecule has 0 fully saturated rings. The number of methoxy groups -OCH3 is 1. The summed E-state index contributed by atoms with van der Waals surface area (Å²) in [5, 5.41) is 14.7. The molecule has 4 aromatic rings. The largest absolute Gasteiger partial charge is 0.497 e. The number of benzene rings is 3. The number of nitrogens with zero attached hydrogens (tertiary/aromatic N) is 2. The zero-order valence-electron chi connectivity index (χ0n) is 17.2. The van der Waals surface area contributed by atoms with E-state index >= 15 is 0 Å². The lowest BCUT2D eigenvalue weighted by molar-refractivity contribution is -0.384. The molecule has 0 saturated heterocycles. The van der Waals surface area contributed by atoms with Crippen LogP contribution in [0.3, 0.4) is 0 Å². The molecule has 0 unspecified atom stereocenters. The zero-order valence-corrected chi connectivity index (χ0v) is 17.2. The van der Waals surface area contributed by atoms with Gasteiger partial charge in [-0.25, -0.2) is 0 Å². The molecule has 0 amide bonds. The molecule has 0 radical (unpaired) electrons. The van der Waals surface area contributed by atoms with Crippen LogP contribution in [0.4, 0.5) is 11.4 Å². The number of hydrogen-bond acceptors (Lipinski definition) is 4. The minimum Gasteiger partial charge on any atom is -0.497 e. The first-order valence-corrected chi connectivity index (χ1v) is 9.98. The highest BCUT2D eigenvalue weighted by atomic mass is 16.6. The quantitative estimate of drug-likeness (QED) is 0.296. The molecule has 6 heteroatoms. The molecule has 1 N–H and O–H groups in total. The maximum absolute atomic E-state index is 11.5. The molecular formula is C25H23N3O3. The van der Waals surface area contributed by atoms with E-state index in [1.54, 1.807) is 19.2 Å². The van der Waals surface area contributed by atoms with E-state index in [4.69, 9.17) is 4.74 Å². The van der Waals surface area contributed by atoms with Crippen LogP contribution in [0, 0.1) is 10.1 Å². The zero-order chi connectivity index (χ0) is 21.6. The van der Waals surface area contributed by atoms with E-state index in [0.29, 0.717) is 12.2 Å². The Labute approximate surface area is 180 Å². The predicted octanol–water partition coefficient (Wildman–Crippen LogP) is 5.73. The number of anilines is 1. The van der Waals surface area contributed by atoms with Crippen LogP contribution in [0.25, 0.3) is 11.1 Å². The van der Waals surface area contributed by atoms with Crippen molar-refractivity contribution in [2.45, 2.75) is 13.1 Å². The van der Waals surface area contributed by atoms with Crippen LogP contribution in [0.5, 0.6) is 5.75 Å². The van der Waals surface area contributed by atoms with Gasteiger partial charge in [-0.3, -0.25) is 10.1 Å². The monoisotopic (exact) mass is 413 g/mol. The lowest BCUT2D eigenvalue weighted by Gasteiger charge is -2.10. The van der Waals surface area contributed by atoms with Gasteiger partial charge in [0.25, 0.3) is 5.69 Å². The van der Waals surface area contributed by atoms with Gasteiger partial charge < -0.3 is 14.6 Å². The van der Waals surface area contributed by atoms with Gasteiger partial charge in [-0.05, 0) is 52.6 Å². The van der Waals surface area contributed by atoms with Crippen LogP contribution in [0.2, 0.25) is 0 Å². The smallest absolute Gasteiger partial charge is 0.292 e. The van der Waals surface area contributed by atoms with Crippen molar-refractivity contribution in [3.63, 3.8) is 0 Å². The van der Waals surface area contributed by atoms with Crippen LogP contribution < -0.4 is 10.1 Å². The maximum atomic E-state index is 11.5. The number of hydrogen-bond donors (Lipinski definition) is 1. The highest BCUT2D eigenvalue weighted by molar-refractivity contribution is 5.74. The molecule has 6 nitrogen and oxygen atoms in total. The number of nitro benzene ring substituents is 1. The fourth-order valence-electron chi connectivity index (χ4n) is 3.46. The number of ether oxygens (including phenoxy) is 1. The summed E-state index contributed by atoms with van der Waals surface area (Å²) >= 11 is 0. The van der Waals surface area contributed by atoms with E-state index in [2.05, 4.69) is 28.2 Å². The average Bonchev–Trinajstić information content (AvgIpc) is 3.27. The highest BCUT2D eigenvalue weighted by Crippen LogP contribution is 2.31. The second-order valence-electron chi connectivity index (χ2n) is 7.25. The Bertz CT molecular complexity index is 1170. The van der Waals surface area contributed by atoms with Crippen LogP contribution in [-0.2, 0) is 13.1 Å². The number of nitro groups is 1. The van der Waals surface area contributed by atoms with Gasteiger partial charge in [0.15, 0.2) is 0 Å².